The van der Waals surface area contributed by atoms with Crippen molar-refractivity contribution in [3.8, 4) is 0 Å². The van der Waals surface area contributed by atoms with E-state index in [1.165, 1.54) is 31.4 Å². The third kappa shape index (κ3) is 3.97. The van der Waals surface area contributed by atoms with E-state index in [0.717, 1.165) is 0 Å². The molecule has 1 aromatic carbocycles. The van der Waals surface area contributed by atoms with E-state index in [2.05, 4.69) is 5.32 Å². The van der Waals surface area contributed by atoms with Gasteiger partial charge in [-0.05, 0) is 6.07 Å². The smallest absolute Gasteiger partial charge is 0.270 e. The Morgan fingerprint density at radius 2 is 2.33 bits per heavy atom. The van der Waals surface area contributed by atoms with Gasteiger partial charge in [0.1, 0.15) is 0 Å². The van der Waals surface area contributed by atoms with Gasteiger partial charge in [0.25, 0.3) is 11.6 Å². The van der Waals surface area contributed by atoms with Crippen LogP contribution in [0.1, 0.15) is 10.4 Å². The lowest BCUT2D eigenvalue weighted by molar-refractivity contribution is -0.384. The molecule has 6 nitrogen and oxygen atoms in total. The summed E-state index contributed by atoms with van der Waals surface area (Å²) < 4.78 is 4.89. The summed E-state index contributed by atoms with van der Waals surface area (Å²) in [5, 5.41) is 13.2. The second-order valence-corrected chi connectivity index (χ2v) is 3.90. The van der Waals surface area contributed by atoms with Crippen molar-refractivity contribution >= 4 is 23.2 Å². The third-order valence-electron chi connectivity index (χ3n) is 2.21. The monoisotopic (exact) mass is 272 g/mol. The van der Waals surface area contributed by atoms with Gasteiger partial charge in [-0.15, -0.1) is 11.6 Å². The number of carbonyl (C=O) groups excluding carboxylic acids is 1. The number of alkyl halides is 1. The van der Waals surface area contributed by atoms with Crippen molar-refractivity contribution < 1.29 is 14.5 Å². The zero-order valence-corrected chi connectivity index (χ0v) is 10.5. The first-order valence-electron chi connectivity index (χ1n) is 5.18. The third-order valence-corrected chi connectivity index (χ3v) is 2.58. The molecular weight excluding hydrogens is 260 g/mol. The maximum atomic E-state index is 11.8. The summed E-state index contributed by atoms with van der Waals surface area (Å²) in [6.07, 6.45) is 0. The van der Waals surface area contributed by atoms with Gasteiger partial charge in [-0.1, -0.05) is 6.07 Å². The number of nitrogens with zero attached hydrogens (tertiary/aromatic N) is 1. The molecule has 0 aliphatic rings. The van der Waals surface area contributed by atoms with E-state index in [0.29, 0.717) is 0 Å². The Labute approximate surface area is 109 Å². The summed E-state index contributed by atoms with van der Waals surface area (Å²) in [4.78, 5) is 21.9. The van der Waals surface area contributed by atoms with Crippen LogP contribution in [0.5, 0.6) is 0 Å². The van der Waals surface area contributed by atoms with Crippen molar-refractivity contribution in [1.29, 1.82) is 0 Å². The van der Waals surface area contributed by atoms with Crippen molar-refractivity contribution in [2.24, 2.45) is 0 Å². The molecule has 1 aromatic rings. The number of benzene rings is 1. The predicted octanol–water partition coefficient (Wildman–Crippen LogP) is 1.58. The first-order chi connectivity index (χ1) is 8.58. The number of non-ortho nitro benzene ring substituents is 1. The second kappa shape index (κ2) is 6.93. The van der Waals surface area contributed by atoms with E-state index in [9.17, 15) is 14.9 Å². The molecule has 0 heterocycles. The highest BCUT2D eigenvalue weighted by molar-refractivity contribution is 6.18. The normalized spacial score (nSPS) is 11.9. The molecule has 1 amide bonds. The Hall–Kier alpha value is -1.66. The van der Waals surface area contributed by atoms with Gasteiger partial charge in [0, 0.05) is 30.7 Å². The molecule has 18 heavy (non-hydrogen) atoms. The highest BCUT2D eigenvalue weighted by atomic mass is 35.5. The first-order valence-corrected chi connectivity index (χ1v) is 5.72. The Balaban J connectivity index is 2.77. The highest BCUT2D eigenvalue weighted by Gasteiger charge is 2.15. The number of hydrogen-bond acceptors (Lipinski definition) is 4. The summed E-state index contributed by atoms with van der Waals surface area (Å²) >= 11 is 5.66. The number of methoxy groups -OCH3 is 1. The van der Waals surface area contributed by atoms with Crippen LogP contribution in [0.4, 0.5) is 5.69 Å². The molecule has 1 rings (SSSR count). The van der Waals surface area contributed by atoms with Crippen LogP contribution in [0.25, 0.3) is 0 Å². The van der Waals surface area contributed by atoms with E-state index in [4.69, 9.17) is 16.3 Å². The number of nitro groups is 1. The number of halogens is 1. The Bertz CT molecular complexity index is 439. The topological polar surface area (TPSA) is 81.5 Å². The quantitative estimate of drug-likeness (QED) is 0.484. The van der Waals surface area contributed by atoms with E-state index < -0.39 is 10.8 Å². The fraction of sp³-hybridized carbons (Fsp3) is 0.364. The summed E-state index contributed by atoms with van der Waals surface area (Å²) in [6, 6.07) is 5.17. The molecule has 1 unspecified atom stereocenters. The van der Waals surface area contributed by atoms with Gasteiger partial charge in [0.15, 0.2) is 0 Å². The van der Waals surface area contributed by atoms with Crippen LogP contribution >= 0.6 is 11.6 Å². The summed E-state index contributed by atoms with van der Waals surface area (Å²) in [5.41, 5.74) is 0.0900. The first kappa shape index (κ1) is 14.4. The average molecular weight is 273 g/mol. The average Bonchev–Trinajstić information content (AvgIpc) is 2.38. The van der Waals surface area contributed by atoms with Gasteiger partial charge >= 0.3 is 0 Å². The fourth-order valence-corrected chi connectivity index (χ4v) is 1.52. The van der Waals surface area contributed by atoms with E-state index in [-0.39, 0.29) is 29.8 Å². The number of nitrogens with one attached hydrogen (secondary N) is 1. The number of amides is 1. The number of rotatable bonds is 6. The summed E-state index contributed by atoms with van der Waals surface area (Å²) in [6.45, 7) is 0.282. The molecule has 7 heteroatoms. The fourth-order valence-electron chi connectivity index (χ4n) is 1.36. The molecule has 0 saturated heterocycles. The molecule has 0 spiro atoms. The van der Waals surface area contributed by atoms with Crippen molar-refractivity contribution in [3.05, 3.63) is 39.9 Å². The molecule has 0 aliphatic heterocycles. The number of nitro benzene ring substituents is 1. The van der Waals surface area contributed by atoms with Crippen LogP contribution in [0, 0.1) is 10.1 Å². The molecule has 0 bridgehead atoms. The van der Waals surface area contributed by atoms with E-state index >= 15 is 0 Å². The van der Waals surface area contributed by atoms with Crippen LogP contribution in [-0.2, 0) is 4.74 Å². The zero-order chi connectivity index (χ0) is 13.5. The van der Waals surface area contributed by atoms with Crippen molar-refractivity contribution in [2.75, 3.05) is 19.6 Å². The van der Waals surface area contributed by atoms with E-state index in [1.807, 2.05) is 0 Å². The molecular formula is C11H13ClN2O4. The van der Waals surface area contributed by atoms with Gasteiger partial charge in [0.2, 0.25) is 0 Å². The molecule has 0 fully saturated rings. The molecule has 1 atom stereocenters. The van der Waals surface area contributed by atoms with Crippen LogP contribution < -0.4 is 5.32 Å². The minimum absolute atomic E-state index is 0.128. The predicted molar refractivity (Wildman–Crippen MR) is 66.9 cm³/mol. The molecule has 98 valence electrons. The van der Waals surface area contributed by atoms with Crippen molar-refractivity contribution in [1.82, 2.24) is 5.32 Å². The van der Waals surface area contributed by atoms with Crippen molar-refractivity contribution in [3.63, 3.8) is 0 Å². The van der Waals surface area contributed by atoms with Gasteiger partial charge < -0.3 is 10.1 Å². The highest BCUT2D eigenvalue weighted by Crippen LogP contribution is 2.13. The number of carbonyl (C=O) groups is 1. The Morgan fingerprint density at radius 3 is 2.89 bits per heavy atom. The van der Waals surface area contributed by atoms with Crippen LogP contribution in [0.3, 0.4) is 0 Å². The molecule has 0 saturated carbocycles. The van der Waals surface area contributed by atoms with Gasteiger partial charge in [-0.2, -0.15) is 0 Å². The van der Waals surface area contributed by atoms with Crippen LogP contribution in [-0.4, -0.2) is 36.5 Å². The maximum absolute atomic E-state index is 11.8. The maximum Gasteiger partial charge on any atom is 0.270 e. The zero-order valence-electron chi connectivity index (χ0n) is 9.76. The molecule has 0 aromatic heterocycles. The second-order valence-electron chi connectivity index (χ2n) is 3.59. The number of hydrogen-bond donors (Lipinski definition) is 1. The Morgan fingerprint density at radius 1 is 1.61 bits per heavy atom. The lowest BCUT2D eigenvalue weighted by Gasteiger charge is -2.14. The van der Waals surface area contributed by atoms with Gasteiger partial charge in [-0.3, -0.25) is 14.9 Å². The SMILES string of the molecule is COCC(CCl)NC(=O)c1cccc([N+](=O)[O-])c1. The summed E-state index contributed by atoms with van der Waals surface area (Å²) in [7, 11) is 1.50. The molecule has 1 N–H and O–H groups in total. The largest absolute Gasteiger partial charge is 0.383 e. The van der Waals surface area contributed by atoms with Gasteiger partial charge in [0.05, 0.1) is 17.6 Å². The molecule has 0 aliphatic carbocycles. The summed E-state index contributed by atoms with van der Waals surface area (Å²) in [5.74, 6) is -0.212. The lowest BCUT2D eigenvalue weighted by Crippen LogP contribution is -2.39. The Kier molecular flexibility index (Phi) is 5.54. The van der Waals surface area contributed by atoms with Crippen LogP contribution in [0.2, 0.25) is 0 Å². The molecule has 0 radical (unpaired) electrons. The van der Waals surface area contributed by atoms with Crippen molar-refractivity contribution in [2.45, 2.75) is 6.04 Å². The van der Waals surface area contributed by atoms with Gasteiger partial charge in [-0.25, -0.2) is 0 Å². The number of ether oxygens (including phenoxy) is 1. The minimum atomic E-state index is -0.551. The minimum Gasteiger partial charge on any atom is -0.383 e. The lowest BCUT2D eigenvalue weighted by atomic mass is 10.2. The van der Waals surface area contributed by atoms with E-state index in [1.54, 1.807) is 0 Å². The standard InChI is InChI=1S/C11H13ClN2O4/c1-18-7-9(6-12)13-11(15)8-3-2-4-10(5-8)14(16)17/h2-5,9H,6-7H2,1H3,(H,13,15). The van der Waals surface area contributed by atoms with Crippen LogP contribution in [0.15, 0.2) is 24.3 Å².